The fraction of sp³-hybridized carbons (Fsp3) is 0.833. The van der Waals surface area contributed by atoms with Crippen LogP contribution in [0.1, 0.15) is 27.2 Å². The van der Waals surface area contributed by atoms with Crippen molar-refractivity contribution in [2.45, 2.75) is 38.3 Å². The van der Waals surface area contributed by atoms with Crippen molar-refractivity contribution in [3.8, 4) is 0 Å². The van der Waals surface area contributed by atoms with Crippen molar-refractivity contribution in [1.82, 2.24) is 10.4 Å². The molecule has 7 nitrogen and oxygen atoms in total. The van der Waals surface area contributed by atoms with Gasteiger partial charge in [0.05, 0.1) is 13.7 Å². The maximum atomic E-state index is 12.3. The van der Waals surface area contributed by atoms with Crippen molar-refractivity contribution in [1.29, 1.82) is 0 Å². The van der Waals surface area contributed by atoms with E-state index in [-0.39, 0.29) is 12.5 Å². The molecule has 1 rings (SSSR count). The molecule has 0 aliphatic carbocycles. The van der Waals surface area contributed by atoms with E-state index in [0.29, 0.717) is 13.0 Å². The molecule has 0 aromatic heterocycles. The third kappa shape index (κ3) is 4.07. The van der Waals surface area contributed by atoms with Crippen LogP contribution in [0.4, 0.5) is 4.79 Å². The van der Waals surface area contributed by atoms with Gasteiger partial charge in [-0.3, -0.25) is 9.63 Å². The Morgan fingerprint density at radius 3 is 2.42 bits per heavy atom. The number of rotatable bonds is 3. The monoisotopic (exact) mass is 274 g/mol. The van der Waals surface area contributed by atoms with Crippen molar-refractivity contribution in [3.63, 3.8) is 0 Å². The fourth-order valence-electron chi connectivity index (χ4n) is 1.77. The molecule has 0 radical (unpaired) electrons. The van der Waals surface area contributed by atoms with Crippen molar-refractivity contribution in [2.75, 3.05) is 27.4 Å². The first kappa shape index (κ1) is 15.7. The topological polar surface area (TPSA) is 77.1 Å². The largest absolute Gasteiger partial charge is 0.444 e. The van der Waals surface area contributed by atoms with E-state index in [4.69, 9.17) is 14.3 Å². The summed E-state index contributed by atoms with van der Waals surface area (Å²) in [6, 6.07) is 0. The lowest BCUT2D eigenvalue weighted by atomic mass is 9.98. The van der Waals surface area contributed by atoms with Gasteiger partial charge in [0.2, 0.25) is 0 Å². The van der Waals surface area contributed by atoms with Crippen LogP contribution in [0.5, 0.6) is 0 Å². The van der Waals surface area contributed by atoms with Crippen LogP contribution in [0, 0.1) is 0 Å². The lowest BCUT2D eigenvalue weighted by Gasteiger charge is -2.31. The summed E-state index contributed by atoms with van der Waals surface area (Å²) in [4.78, 5) is 29.0. The first-order valence-electron chi connectivity index (χ1n) is 6.11. The average molecular weight is 274 g/mol. The van der Waals surface area contributed by atoms with E-state index in [0.717, 1.165) is 5.06 Å². The van der Waals surface area contributed by atoms with E-state index in [1.54, 1.807) is 20.8 Å². The smallest absolute Gasteiger partial charge is 0.408 e. The summed E-state index contributed by atoms with van der Waals surface area (Å²) in [6.45, 7) is 5.78. The summed E-state index contributed by atoms with van der Waals surface area (Å²) >= 11 is 0. The third-order valence-corrected chi connectivity index (χ3v) is 2.73. The molecular formula is C12H22N2O5. The second-order valence-electron chi connectivity index (χ2n) is 5.50. The average Bonchev–Trinajstić information content (AvgIpc) is 2.73. The molecule has 1 aliphatic rings. The number of carbonyl (C=O) groups is 2. The predicted molar refractivity (Wildman–Crippen MR) is 67.3 cm³/mol. The van der Waals surface area contributed by atoms with E-state index < -0.39 is 17.2 Å². The molecular weight excluding hydrogens is 252 g/mol. The molecule has 110 valence electrons. The second-order valence-corrected chi connectivity index (χ2v) is 5.50. The minimum absolute atomic E-state index is 0.110. The van der Waals surface area contributed by atoms with Crippen LogP contribution in [-0.2, 0) is 19.1 Å². The molecule has 19 heavy (non-hydrogen) atoms. The number of nitrogens with zero attached hydrogens (tertiary/aromatic N) is 1. The Balaban J connectivity index is 2.78. The highest BCUT2D eigenvalue weighted by Crippen LogP contribution is 2.22. The van der Waals surface area contributed by atoms with Gasteiger partial charge in [-0.1, -0.05) is 0 Å². The number of carbonyl (C=O) groups excluding carboxylic acids is 2. The number of ether oxygens (including phenoxy) is 2. The van der Waals surface area contributed by atoms with Gasteiger partial charge in [0.15, 0.2) is 0 Å². The molecule has 1 heterocycles. The van der Waals surface area contributed by atoms with Gasteiger partial charge in [0.1, 0.15) is 11.1 Å². The van der Waals surface area contributed by atoms with Crippen LogP contribution in [-0.4, -0.2) is 55.6 Å². The second kappa shape index (κ2) is 5.75. The Kier molecular flexibility index (Phi) is 4.75. The number of nitrogens with one attached hydrogen (secondary N) is 1. The van der Waals surface area contributed by atoms with E-state index in [1.807, 2.05) is 0 Å². The Hall–Kier alpha value is -1.34. The van der Waals surface area contributed by atoms with Crippen LogP contribution >= 0.6 is 0 Å². The van der Waals surface area contributed by atoms with Gasteiger partial charge in [-0.05, 0) is 20.8 Å². The molecule has 0 aromatic rings. The highest BCUT2D eigenvalue weighted by Gasteiger charge is 2.46. The van der Waals surface area contributed by atoms with Crippen molar-refractivity contribution in [3.05, 3.63) is 0 Å². The van der Waals surface area contributed by atoms with E-state index >= 15 is 0 Å². The Morgan fingerprint density at radius 2 is 2.00 bits per heavy atom. The summed E-state index contributed by atoms with van der Waals surface area (Å²) in [5, 5.41) is 3.68. The fourth-order valence-corrected chi connectivity index (χ4v) is 1.77. The Morgan fingerprint density at radius 1 is 1.37 bits per heavy atom. The van der Waals surface area contributed by atoms with Gasteiger partial charge < -0.3 is 14.8 Å². The molecule has 0 spiro atoms. The molecule has 1 unspecified atom stereocenters. The lowest BCUT2D eigenvalue weighted by molar-refractivity contribution is -0.176. The lowest BCUT2D eigenvalue weighted by Crippen LogP contribution is -2.60. The van der Waals surface area contributed by atoms with Gasteiger partial charge in [0, 0.05) is 20.1 Å². The summed E-state index contributed by atoms with van der Waals surface area (Å²) < 4.78 is 10.4. The zero-order valence-electron chi connectivity index (χ0n) is 12.1. The maximum Gasteiger partial charge on any atom is 0.408 e. The highest BCUT2D eigenvalue weighted by atomic mass is 16.7. The minimum Gasteiger partial charge on any atom is -0.444 e. The normalized spacial score (nSPS) is 23.0. The Bertz CT molecular complexity index is 345. The molecule has 1 atom stereocenters. The van der Waals surface area contributed by atoms with Crippen LogP contribution in [0.25, 0.3) is 0 Å². The van der Waals surface area contributed by atoms with Crippen LogP contribution in [0.3, 0.4) is 0 Å². The molecule has 1 N–H and O–H groups in total. The molecule has 0 bridgehead atoms. The standard InChI is InChI=1S/C12H22N2O5/c1-11(2,3)19-10(16)13-12(6-7-18-8-12)9(15)14(4)17-5/h6-8H2,1-5H3,(H,13,16). The zero-order chi connectivity index (χ0) is 14.7. The molecule has 2 amide bonds. The number of likely N-dealkylation sites (N-methyl/N-ethyl adjacent to an activating group) is 1. The SMILES string of the molecule is CON(C)C(=O)C1(NC(=O)OC(C)(C)C)CCOC1. The quantitative estimate of drug-likeness (QED) is 0.766. The van der Waals surface area contributed by atoms with Crippen molar-refractivity contribution < 1.29 is 23.9 Å². The summed E-state index contributed by atoms with van der Waals surface area (Å²) in [5.41, 5.74) is -1.74. The number of hydroxylamine groups is 2. The zero-order valence-corrected chi connectivity index (χ0v) is 12.1. The number of hydrogen-bond acceptors (Lipinski definition) is 5. The van der Waals surface area contributed by atoms with E-state index in [1.165, 1.54) is 14.2 Å². The first-order valence-corrected chi connectivity index (χ1v) is 6.11. The van der Waals surface area contributed by atoms with Gasteiger partial charge in [-0.2, -0.15) is 0 Å². The van der Waals surface area contributed by atoms with Gasteiger partial charge >= 0.3 is 6.09 Å². The summed E-state index contributed by atoms with van der Waals surface area (Å²) in [7, 11) is 2.87. The molecule has 7 heteroatoms. The molecule has 1 fully saturated rings. The minimum atomic E-state index is -1.12. The molecule has 1 aliphatic heterocycles. The third-order valence-electron chi connectivity index (χ3n) is 2.73. The number of alkyl carbamates (subject to hydrolysis) is 1. The van der Waals surface area contributed by atoms with Crippen LogP contribution in [0.15, 0.2) is 0 Å². The van der Waals surface area contributed by atoms with Gasteiger partial charge in [-0.15, -0.1) is 0 Å². The number of amides is 2. The Labute approximate surface area is 113 Å². The van der Waals surface area contributed by atoms with E-state index in [2.05, 4.69) is 5.32 Å². The predicted octanol–water partition coefficient (Wildman–Crippen LogP) is 0.690. The van der Waals surface area contributed by atoms with Crippen molar-refractivity contribution in [2.24, 2.45) is 0 Å². The highest BCUT2D eigenvalue weighted by molar-refractivity contribution is 5.89. The van der Waals surface area contributed by atoms with Crippen LogP contribution < -0.4 is 5.32 Å². The maximum absolute atomic E-state index is 12.3. The van der Waals surface area contributed by atoms with Gasteiger partial charge in [0.25, 0.3) is 5.91 Å². The van der Waals surface area contributed by atoms with Crippen LogP contribution in [0.2, 0.25) is 0 Å². The molecule has 0 aromatic carbocycles. The summed E-state index contributed by atoms with van der Waals surface area (Å²) in [5.74, 6) is -0.363. The molecule has 1 saturated heterocycles. The molecule has 0 saturated carbocycles. The number of hydrogen-bond donors (Lipinski definition) is 1. The van der Waals surface area contributed by atoms with Crippen molar-refractivity contribution >= 4 is 12.0 Å². The summed E-state index contributed by atoms with van der Waals surface area (Å²) in [6.07, 6.45) is -0.255. The van der Waals surface area contributed by atoms with E-state index in [9.17, 15) is 9.59 Å². The first-order chi connectivity index (χ1) is 8.70. The van der Waals surface area contributed by atoms with Gasteiger partial charge in [-0.25, -0.2) is 9.86 Å².